The maximum absolute atomic E-state index is 14.3. The fourth-order valence-electron chi connectivity index (χ4n) is 4.81. The van der Waals surface area contributed by atoms with E-state index >= 15 is 0 Å². The molecule has 8 nitrogen and oxygen atoms in total. The molecule has 0 aliphatic heterocycles. The molecule has 0 radical (unpaired) electrons. The van der Waals surface area contributed by atoms with Crippen molar-refractivity contribution in [3.63, 3.8) is 0 Å². The zero-order valence-corrected chi connectivity index (χ0v) is 21.6. The van der Waals surface area contributed by atoms with Crippen LogP contribution in [0.2, 0.25) is 5.02 Å². The number of fused-ring (bicyclic) bond motifs is 2. The van der Waals surface area contributed by atoms with Gasteiger partial charge in [-0.2, -0.15) is 0 Å². The van der Waals surface area contributed by atoms with E-state index in [1.807, 2.05) is 85.8 Å². The highest BCUT2D eigenvalue weighted by atomic mass is 35.5. The molecular formula is C30H23ClN6O2. The molecule has 192 valence electrons. The SMILES string of the molecule is C[C@H](Nc1ncnc2[nH]ccc(=O)c12)c1c(Cl)c2cccc(Nc3ccccc3)c2c(=O)n1-c1ccccc1. The monoisotopic (exact) mass is 534 g/mol. The van der Waals surface area contributed by atoms with E-state index in [2.05, 4.69) is 25.6 Å². The van der Waals surface area contributed by atoms with Crippen LogP contribution in [0.3, 0.4) is 0 Å². The lowest BCUT2D eigenvalue weighted by Crippen LogP contribution is -2.27. The summed E-state index contributed by atoms with van der Waals surface area (Å²) in [6.45, 7) is 1.88. The number of aromatic nitrogens is 4. The summed E-state index contributed by atoms with van der Waals surface area (Å²) in [6.07, 6.45) is 2.92. The third-order valence-corrected chi connectivity index (χ3v) is 6.96. The Hall–Kier alpha value is -4.95. The molecule has 0 amide bonds. The first-order chi connectivity index (χ1) is 19.0. The first-order valence-corrected chi connectivity index (χ1v) is 12.7. The van der Waals surface area contributed by atoms with Crippen molar-refractivity contribution in [2.75, 3.05) is 10.6 Å². The fourth-order valence-corrected chi connectivity index (χ4v) is 5.22. The number of nitrogens with zero attached hydrogens (tertiary/aromatic N) is 3. The number of pyridine rings is 2. The summed E-state index contributed by atoms with van der Waals surface area (Å²) in [6, 6.07) is 25.5. The Balaban J connectivity index is 1.57. The Bertz CT molecular complexity index is 1930. The predicted octanol–water partition coefficient (Wildman–Crippen LogP) is 6.19. The van der Waals surface area contributed by atoms with Crippen LogP contribution in [0.5, 0.6) is 0 Å². The van der Waals surface area contributed by atoms with Gasteiger partial charge < -0.3 is 15.6 Å². The van der Waals surface area contributed by atoms with Gasteiger partial charge in [-0.15, -0.1) is 0 Å². The predicted molar refractivity (Wildman–Crippen MR) is 156 cm³/mol. The van der Waals surface area contributed by atoms with Crippen molar-refractivity contribution in [3.8, 4) is 5.69 Å². The van der Waals surface area contributed by atoms with Gasteiger partial charge in [0, 0.05) is 29.0 Å². The van der Waals surface area contributed by atoms with Gasteiger partial charge in [-0.05, 0) is 37.3 Å². The van der Waals surface area contributed by atoms with Crippen molar-refractivity contribution in [3.05, 3.63) is 129 Å². The number of H-pyrrole nitrogens is 1. The zero-order valence-electron chi connectivity index (χ0n) is 20.9. The van der Waals surface area contributed by atoms with Crippen LogP contribution in [0.1, 0.15) is 18.7 Å². The maximum atomic E-state index is 14.3. The summed E-state index contributed by atoms with van der Waals surface area (Å²) >= 11 is 7.13. The van der Waals surface area contributed by atoms with E-state index in [4.69, 9.17) is 11.6 Å². The molecule has 0 bridgehead atoms. The Labute approximate surface area is 228 Å². The number of hydrogen-bond donors (Lipinski definition) is 3. The Morgan fingerprint density at radius 3 is 2.38 bits per heavy atom. The summed E-state index contributed by atoms with van der Waals surface area (Å²) in [5.74, 6) is 0.345. The fraction of sp³-hybridized carbons (Fsp3) is 0.0667. The van der Waals surface area contributed by atoms with Gasteiger partial charge in [0.25, 0.3) is 5.56 Å². The van der Waals surface area contributed by atoms with Crippen molar-refractivity contribution in [1.82, 2.24) is 19.5 Å². The van der Waals surface area contributed by atoms with Gasteiger partial charge in [0.2, 0.25) is 0 Å². The first kappa shape index (κ1) is 24.4. The second kappa shape index (κ2) is 10.1. The average molecular weight is 535 g/mol. The number of para-hydroxylation sites is 2. The van der Waals surface area contributed by atoms with Crippen LogP contribution in [-0.4, -0.2) is 19.5 Å². The molecule has 0 aliphatic carbocycles. The van der Waals surface area contributed by atoms with E-state index in [9.17, 15) is 9.59 Å². The summed E-state index contributed by atoms with van der Waals surface area (Å²) in [7, 11) is 0. The lowest BCUT2D eigenvalue weighted by molar-refractivity contribution is 0.774. The number of rotatable bonds is 6. The normalized spacial score (nSPS) is 11.9. The topological polar surface area (TPSA) is 105 Å². The minimum atomic E-state index is -0.516. The molecule has 3 heterocycles. The average Bonchev–Trinajstić information content (AvgIpc) is 2.96. The molecule has 1 atom stereocenters. The first-order valence-electron chi connectivity index (χ1n) is 12.4. The third-order valence-electron chi connectivity index (χ3n) is 6.56. The molecule has 0 spiro atoms. The molecule has 3 N–H and O–H groups in total. The molecule has 0 saturated carbocycles. The molecule has 3 aromatic carbocycles. The Morgan fingerprint density at radius 2 is 1.62 bits per heavy atom. The molecule has 0 aliphatic rings. The smallest absolute Gasteiger partial charge is 0.265 e. The van der Waals surface area contributed by atoms with E-state index in [0.29, 0.717) is 49.7 Å². The van der Waals surface area contributed by atoms with Gasteiger partial charge in [0.1, 0.15) is 23.2 Å². The Morgan fingerprint density at radius 1 is 0.872 bits per heavy atom. The number of aromatic amines is 1. The van der Waals surface area contributed by atoms with Gasteiger partial charge in [-0.25, -0.2) is 9.97 Å². The number of hydrogen-bond acceptors (Lipinski definition) is 6. The molecular weight excluding hydrogens is 512 g/mol. The van der Waals surface area contributed by atoms with Crippen molar-refractivity contribution in [1.29, 1.82) is 0 Å². The van der Waals surface area contributed by atoms with Crippen LogP contribution in [-0.2, 0) is 0 Å². The summed E-state index contributed by atoms with van der Waals surface area (Å²) in [5, 5.41) is 8.50. The third kappa shape index (κ3) is 4.41. The quantitative estimate of drug-likeness (QED) is 0.235. The molecule has 39 heavy (non-hydrogen) atoms. The minimum absolute atomic E-state index is 0.222. The van der Waals surface area contributed by atoms with Crippen molar-refractivity contribution in [2.45, 2.75) is 13.0 Å². The minimum Gasteiger partial charge on any atom is -0.361 e. The van der Waals surface area contributed by atoms with Crippen LogP contribution >= 0.6 is 11.6 Å². The molecule has 9 heteroatoms. The van der Waals surface area contributed by atoms with Gasteiger partial charge in [-0.3, -0.25) is 14.2 Å². The number of nitrogens with one attached hydrogen (secondary N) is 3. The Kier molecular flexibility index (Phi) is 6.30. The van der Waals surface area contributed by atoms with Crippen LogP contribution in [0, 0.1) is 0 Å². The number of anilines is 3. The standard InChI is InChI=1S/C30H23ClN6O2/c1-18(35-29-25-23(38)15-16-32-28(25)33-17-34-29)27-26(31)21-13-8-14-22(36-19-9-4-2-5-10-19)24(21)30(39)37(27)20-11-6-3-7-12-20/h2-18,36H,1H3,(H2,32,33,34,35,38)/t18-/m0/s1. The van der Waals surface area contributed by atoms with E-state index < -0.39 is 6.04 Å². The van der Waals surface area contributed by atoms with E-state index in [1.54, 1.807) is 10.8 Å². The van der Waals surface area contributed by atoms with Crippen molar-refractivity contribution < 1.29 is 0 Å². The molecule has 0 fully saturated rings. The van der Waals surface area contributed by atoms with Gasteiger partial charge in [-0.1, -0.05) is 60.1 Å². The maximum Gasteiger partial charge on any atom is 0.265 e. The molecule has 0 saturated heterocycles. The highest BCUT2D eigenvalue weighted by Gasteiger charge is 2.24. The van der Waals surface area contributed by atoms with Crippen molar-refractivity contribution in [2.24, 2.45) is 0 Å². The summed E-state index contributed by atoms with van der Waals surface area (Å²) in [4.78, 5) is 38.4. The molecule has 0 unspecified atom stereocenters. The van der Waals surface area contributed by atoms with Gasteiger partial charge in [0.05, 0.1) is 27.8 Å². The van der Waals surface area contributed by atoms with Crippen LogP contribution < -0.4 is 21.6 Å². The van der Waals surface area contributed by atoms with Crippen LogP contribution in [0.25, 0.3) is 27.5 Å². The van der Waals surface area contributed by atoms with Crippen molar-refractivity contribution >= 4 is 50.6 Å². The molecule has 6 aromatic rings. The summed E-state index contributed by atoms with van der Waals surface area (Å²) in [5.41, 5.74) is 2.66. The lowest BCUT2D eigenvalue weighted by Gasteiger charge is -2.24. The second-order valence-corrected chi connectivity index (χ2v) is 9.43. The molecule has 6 rings (SSSR count). The zero-order chi connectivity index (χ0) is 26.9. The van der Waals surface area contributed by atoms with Gasteiger partial charge in [0.15, 0.2) is 5.43 Å². The second-order valence-electron chi connectivity index (χ2n) is 9.05. The van der Waals surface area contributed by atoms with Gasteiger partial charge >= 0.3 is 0 Å². The highest BCUT2D eigenvalue weighted by Crippen LogP contribution is 2.35. The summed E-state index contributed by atoms with van der Waals surface area (Å²) < 4.78 is 1.62. The van der Waals surface area contributed by atoms with Crippen LogP contribution in [0.4, 0.5) is 17.2 Å². The lowest BCUT2D eigenvalue weighted by atomic mass is 10.0. The highest BCUT2D eigenvalue weighted by molar-refractivity contribution is 6.36. The van der Waals surface area contributed by atoms with E-state index in [0.717, 1.165) is 5.69 Å². The van der Waals surface area contributed by atoms with Crippen LogP contribution in [0.15, 0.2) is 107 Å². The van der Waals surface area contributed by atoms with E-state index in [1.165, 1.54) is 12.4 Å². The number of halogens is 1. The number of benzene rings is 3. The molecule has 3 aromatic heterocycles. The largest absolute Gasteiger partial charge is 0.361 e. The van der Waals surface area contributed by atoms with E-state index in [-0.39, 0.29) is 11.0 Å².